The van der Waals surface area contributed by atoms with Gasteiger partial charge in [0.15, 0.2) is 0 Å². The van der Waals surface area contributed by atoms with Gasteiger partial charge in [-0.2, -0.15) is 11.3 Å². The van der Waals surface area contributed by atoms with Crippen molar-refractivity contribution in [2.45, 2.75) is 32.9 Å². The van der Waals surface area contributed by atoms with Crippen molar-refractivity contribution >= 4 is 17.3 Å². The molecule has 0 aliphatic heterocycles. The number of rotatable bonds is 7. The molecule has 0 bridgehead atoms. The lowest BCUT2D eigenvalue weighted by atomic mass is 9.93. The number of thiophene rings is 1. The van der Waals surface area contributed by atoms with Crippen LogP contribution in [0.25, 0.3) is 0 Å². The van der Waals surface area contributed by atoms with Gasteiger partial charge in [0.05, 0.1) is 0 Å². The summed E-state index contributed by atoms with van der Waals surface area (Å²) in [6, 6.07) is 24.4. The maximum atomic E-state index is 13.2. The van der Waals surface area contributed by atoms with E-state index in [4.69, 9.17) is 4.74 Å². The van der Waals surface area contributed by atoms with Gasteiger partial charge < -0.3 is 9.30 Å². The number of hydrogen-bond donors (Lipinski definition) is 0. The molecule has 0 saturated carbocycles. The minimum Gasteiger partial charge on any atom is -0.460 e. The van der Waals surface area contributed by atoms with Gasteiger partial charge in [0.2, 0.25) is 0 Å². The molecule has 0 aliphatic rings. The van der Waals surface area contributed by atoms with Crippen LogP contribution in [0.4, 0.5) is 0 Å². The number of carbonyl (C=O) groups excluding carboxylic acids is 1. The van der Waals surface area contributed by atoms with Gasteiger partial charge in [-0.3, -0.25) is 4.79 Å². The third-order valence-electron chi connectivity index (χ3n) is 5.44. The zero-order chi connectivity index (χ0) is 20.9. The van der Waals surface area contributed by atoms with Crippen LogP contribution >= 0.6 is 11.3 Å². The number of carbonyl (C=O) groups is 1. The molecule has 0 aliphatic carbocycles. The Morgan fingerprint density at radius 1 is 0.967 bits per heavy atom. The predicted molar refractivity (Wildman–Crippen MR) is 122 cm³/mol. The lowest BCUT2D eigenvalue weighted by molar-refractivity contribution is -0.145. The van der Waals surface area contributed by atoms with Gasteiger partial charge in [-0.25, -0.2) is 0 Å². The van der Waals surface area contributed by atoms with Crippen LogP contribution < -0.4 is 0 Å². The second-order valence-electron chi connectivity index (χ2n) is 7.48. The Balaban J connectivity index is 1.63. The Labute approximate surface area is 181 Å². The normalized spacial score (nSPS) is 11.9. The highest BCUT2D eigenvalue weighted by atomic mass is 32.1. The van der Waals surface area contributed by atoms with E-state index in [9.17, 15) is 4.79 Å². The van der Waals surface area contributed by atoms with Gasteiger partial charge in [-0.1, -0.05) is 60.7 Å². The molecule has 4 rings (SSSR count). The molecule has 152 valence electrons. The van der Waals surface area contributed by atoms with Gasteiger partial charge in [0, 0.05) is 17.9 Å². The van der Waals surface area contributed by atoms with Crippen molar-refractivity contribution in [1.82, 2.24) is 4.57 Å². The molecular formula is C26H25NO2S. The first-order valence-corrected chi connectivity index (χ1v) is 11.0. The molecular weight excluding hydrogens is 390 g/mol. The van der Waals surface area contributed by atoms with Gasteiger partial charge in [0.1, 0.15) is 12.5 Å². The van der Waals surface area contributed by atoms with E-state index in [1.54, 1.807) is 11.3 Å². The summed E-state index contributed by atoms with van der Waals surface area (Å²) in [6.07, 6.45) is 0. The number of esters is 1. The third kappa shape index (κ3) is 4.39. The molecule has 30 heavy (non-hydrogen) atoms. The number of nitrogens with zero attached hydrogens (tertiary/aromatic N) is 1. The average Bonchev–Trinajstić information content (AvgIpc) is 3.39. The SMILES string of the molecule is Cc1cc([C@H](C(=O)OCc2ccccc2)c2ccsc2)c(C)n1Cc1ccccc1. The number of ether oxygens (including phenoxy) is 1. The van der Waals surface area contributed by atoms with E-state index in [0.29, 0.717) is 0 Å². The molecule has 2 heterocycles. The van der Waals surface area contributed by atoms with E-state index in [0.717, 1.165) is 34.6 Å². The maximum absolute atomic E-state index is 13.2. The molecule has 0 amide bonds. The van der Waals surface area contributed by atoms with Gasteiger partial charge in [-0.15, -0.1) is 0 Å². The van der Waals surface area contributed by atoms with Crippen molar-refractivity contribution in [2.75, 3.05) is 0 Å². The van der Waals surface area contributed by atoms with Crippen LogP contribution in [0, 0.1) is 13.8 Å². The van der Waals surface area contributed by atoms with Crippen molar-refractivity contribution in [2.24, 2.45) is 0 Å². The molecule has 1 atom stereocenters. The topological polar surface area (TPSA) is 31.2 Å². The molecule has 0 fully saturated rings. The zero-order valence-corrected chi connectivity index (χ0v) is 18.1. The standard InChI is InChI=1S/C26H25NO2S/c1-19-15-24(20(2)27(19)16-21-9-5-3-6-10-21)25(23-13-14-30-18-23)26(28)29-17-22-11-7-4-8-12-22/h3-15,18,25H,16-17H2,1-2H3/t25-/m1/s1. The molecule has 4 aromatic rings. The Morgan fingerprint density at radius 3 is 2.27 bits per heavy atom. The molecule has 2 aromatic carbocycles. The van der Waals surface area contributed by atoms with Crippen molar-refractivity contribution in [3.05, 3.63) is 117 Å². The molecule has 0 radical (unpaired) electrons. The minimum absolute atomic E-state index is 0.211. The van der Waals surface area contributed by atoms with Crippen LogP contribution in [0.1, 0.15) is 39.6 Å². The molecule has 0 saturated heterocycles. The van der Waals surface area contributed by atoms with Crippen molar-refractivity contribution in [1.29, 1.82) is 0 Å². The van der Waals surface area contributed by atoms with E-state index in [2.05, 4.69) is 48.7 Å². The Morgan fingerprint density at radius 2 is 1.63 bits per heavy atom. The summed E-state index contributed by atoms with van der Waals surface area (Å²) in [5, 5.41) is 4.05. The molecule has 4 heteroatoms. The monoisotopic (exact) mass is 415 g/mol. The Hall–Kier alpha value is -3.11. The first-order valence-electron chi connectivity index (χ1n) is 10.1. The minimum atomic E-state index is -0.421. The fourth-order valence-electron chi connectivity index (χ4n) is 3.82. The van der Waals surface area contributed by atoms with Crippen LogP contribution in [0.3, 0.4) is 0 Å². The summed E-state index contributed by atoms with van der Waals surface area (Å²) in [5.74, 6) is -0.632. The van der Waals surface area contributed by atoms with Crippen LogP contribution in [0.2, 0.25) is 0 Å². The maximum Gasteiger partial charge on any atom is 0.318 e. The lowest BCUT2D eigenvalue weighted by Crippen LogP contribution is -2.18. The number of benzene rings is 2. The lowest BCUT2D eigenvalue weighted by Gasteiger charge is -2.17. The molecule has 0 unspecified atom stereocenters. The summed E-state index contributed by atoms with van der Waals surface area (Å²) >= 11 is 1.60. The Kier molecular flexibility index (Phi) is 6.15. The largest absolute Gasteiger partial charge is 0.460 e. The van der Waals surface area contributed by atoms with Crippen LogP contribution in [0.15, 0.2) is 83.6 Å². The van der Waals surface area contributed by atoms with Crippen molar-refractivity contribution < 1.29 is 9.53 Å². The fourth-order valence-corrected chi connectivity index (χ4v) is 4.51. The summed E-state index contributed by atoms with van der Waals surface area (Å²) in [5.41, 5.74) is 6.47. The predicted octanol–water partition coefficient (Wildman–Crippen LogP) is 6.09. The van der Waals surface area contributed by atoms with Gasteiger partial charge >= 0.3 is 5.97 Å². The highest BCUT2D eigenvalue weighted by Crippen LogP contribution is 2.32. The van der Waals surface area contributed by atoms with E-state index < -0.39 is 5.92 Å². The first kappa shape index (κ1) is 20.2. The third-order valence-corrected chi connectivity index (χ3v) is 6.14. The smallest absolute Gasteiger partial charge is 0.318 e. The van der Waals surface area contributed by atoms with Crippen LogP contribution in [-0.2, 0) is 22.7 Å². The Bertz CT molecular complexity index is 1100. The van der Waals surface area contributed by atoms with E-state index in [1.807, 2.05) is 53.2 Å². The van der Waals surface area contributed by atoms with Crippen LogP contribution in [-0.4, -0.2) is 10.5 Å². The number of aryl methyl sites for hydroxylation is 1. The van der Waals surface area contributed by atoms with Gasteiger partial charge in [0.25, 0.3) is 0 Å². The molecule has 0 spiro atoms. The van der Waals surface area contributed by atoms with E-state index in [-0.39, 0.29) is 12.6 Å². The second-order valence-corrected chi connectivity index (χ2v) is 8.26. The van der Waals surface area contributed by atoms with Gasteiger partial charge in [-0.05, 0) is 59.0 Å². The number of hydrogen-bond acceptors (Lipinski definition) is 3. The summed E-state index contributed by atoms with van der Waals surface area (Å²) < 4.78 is 8.02. The fraction of sp³-hybridized carbons (Fsp3) is 0.192. The highest BCUT2D eigenvalue weighted by Gasteiger charge is 2.28. The summed E-state index contributed by atoms with van der Waals surface area (Å²) in [7, 11) is 0. The quantitative estimate of drug-likeness (QED) is 0.342. The molecule has 3 nitrogen and oxygen atoms in total. The van der Waals surface area contributed by atoms with E-state index >= 15 is 0 Å². The van der Waals surface area contributed by atoms with Crippen molar-refractivity contribution in [3.63, 3.8) is 0 Å². The molecule has 0 N–H and O–H groups in total. The van der Waals surface area contributed by atoms with E-state index in [1.165, 1.54) is 5.56 Å². The second kappa shape index (κ2) is 9.14. The highest BCUT2D eigenvalue weighted by molar-refractivity contribution is 7.08. The number of aromatic nitrogens is 1. The van der Waals surface area contributed by atoms with Crippen molar-refractivity contribution in [3.8, 4) is 0 Å². The zero-order valence-electron chi connectivity index (χ0n) is 17.2. The van der Waals surface area contributed by atoms with Crippen LogP contribution in [0.5, 0.6) is 0 Å². The molecule has 2 aromatic heterocycles. The summed E-state index contributed by atoms with van der Waals surface area (Å²) in [6.45, 7) is 5.26. The average molecular weight is 416 g/mol. The first-order chi connectivity index (χ1) is 14.6. The summed E-state index contributed by atoms with van der Waals surface area (Å²) in [4.78, 5) is 13.2.